The van der Waals surface area contributed by atoms with Crippen molar-refractivity contribution >= 4 is 17.7 Å². The Bertz CT molecular complexity index is 354. The van der Waals surface area contributed by atoms with Crippen molar-refractivity contribution in [2.24, 2.45) is 5.73 Å². The molecule has 1 aromatic heterocycles. The molecule has 88 valence electrons. The van der Waals surface area contributed by atoms with Crippen molar-refractivity contribution in [3.63, 3.8) is 0 Å². The van der Waals surface area contributed by atoms with Crippen molar-refractivity contribution in [1.29, 1.82) is 0 Å². The van der Waals surface area contributed by atoms with Crippen LogP contribution in [0.1, 0.15) is 20.3 Å². The number of hydrogen-bond acceptors (Lipinski definition) is 4. The van der Waals surface area contributed by atoms with Gasteiger partial charge in [0.15, 0.2) is 0 Å². The van der Waals surface area contributed by atoms with E-state index in [9.17, 15) is 4.79 Å². The summed E-state index contributed by atoms with van der Waals surface area (Å²) in [6, 6.07) is 5.65. The number of hydrogen-bond donors (Lipinski definition) is 2. The van der Waals surface area contributed by atoms with Gasteiger partial charge in [-0.05, 0) is 25.5 Å². The summed E-state index contributed by atoms with van der Waals surface area (Å²) < 4.78 is 0. The molecule has 0 amide bonds. The second-order valence-corrected chi connectivity index (χ2v) is 5.48. The van der Waals surface area contributed by atoms with Crippen LogP contribution in [0.15, 0.2) is 29.4 Å². The Labute approximate surface area is 99.3 Å². The van der Waals surface area contributed by atoms with Crippen molar-refractivity contribution in [3.8, 4) is 0 Å². The monoisotopic (exact) mass is 240 g/mol. The molecule has 1 aromatic rings. The molecule has 5 heteroatoms. The molecule has 0 saturated heterocycles. The second kappa shape index (κ2) is 5.32. The molecule has 0 saturated carbocycles. The minimum absolute atomic E-state index is 0.112. The fourth-order valence-corrected chi connectivity index (χ4v) is 2.47. The maximum Gasteiger partial charge on any atom is 0.323 e. The highest BCUT2D eigenvalue weighted by atomic mass is 32.2. The SMILES string of the molecule is CC(CC(C)(N)C(=O)O)Sc1ccccn1. The first-order chi connectivity index (χ1) is 7.42. The van der Waals surface area contributed by atoms with Gasteiger partial charge in [0.05, 0.1) is 5.03 Å². The fourth-order valence-electron chi connectivity index (χ4n) is 1.35. The van der Waals surface area contributed by atoms with Crippen molar-refractivity contribution in [2.45, 2.75) is 36.1 Å². The van der Waals surface area contributed by atoms with E-state index in [4.69, 9.17) is 10.8 Å². The van der Waals surface area contributed by atoms with Crippen molar-refractivity contribution in [2.75, 3.05) is 0 Å². The Kier molecular flexibility index (Phi) is 4.32. The van der Waals surface area contributed by atoms with Gasteiger partial charge in [0.1, 0.15) is 5.54 Å². The summed E-state index contributed by atoms with van der Waals surface area (Å²) >= 11 is 1.53. The van der Waals surface area contributed by atoms with Crippen molar-refractivity contribution < 1.29 is 9.90 Å². The third kappa shape index (κ3) is 3.83. The lowest BCUT2D eigenvalue weighted by atomic mass is 9.98. The zero-order valence-corrected chi connectivity index (χ0v) is 10.2. The molecule has 16 heavy (non-hydrogen) atoms. The van der Waals surface area contributed by atoms with E-state index in [0.29, 0.717) is 6.42 Å². The van der Waals surface area contributed by atoms with Crippen LogP contribution in [0.3, 0.4) is 0 Å². The molecule has 0 aliphatic carbocycles. The van der Waals surface area contributed by atoms with Crippen LogP contribution in [0, 0.1) is 0 Å². The summed E-state index contributed by atoms with van der Waals surface area (Å²) in [6.07, 6.45) is 2.12. The normalized spacial score (nSPS) is 16.4. The molecule has 0 spiro atoms. The number of thioether (sulfide) groups is 1. The van der Waals surface area contributed by atoms with E-state index in [1.165, 1.54) is 18.7 Å². The highest BCUT2D eigenvalue weighted by Crippen LogP contribution is 2.26. The lowest BCUT2D eigenvalue weighted by Crippen LogP contribution is -2.46. The number of aromatic nitrogens is 1. The molecule has 0 aliphatic rings. The van der Waals surface area contributed by atoms with Crippen LogP contribution in [0.25, 0.3) is 0 Å². The zero-order valence-electron chi connectivity index (χ0n) is 9.38. The topological polar surface area (TPSA) is 76.2 Å². The molecule has 1 heterocycles. The molecule has 0 aromatic carbocycles. The molecule has 0 aliphatic heterocycles. The summed E-state index contributed by atoms with van der Waals surface area (Å²) in [7, 11) is 0. The van der Waals surface area contributed by atoms with E-state index in [0.717, 1.165) is 5.03 Å². The number of nitrogens with zero attached hydrogens (tertiary/aromatic N) is 1. The van der Waals surface area contributed by atoms with Gasteiger partial charge in [-0.25, -0.2) is 4.98 Å². The summed E-state index contributed by atoms with van der Waals surface area (Å²) in [5.74, 6) is -0.971. The van der Waals surface area contributed by atoms with Crippen molar-refractivity contribution in [1.82, 2.24) is 4.98 Å². The molecule has 0 radical (unpaired) electrons. The Morgan fingerprint density at radius 3 is 2.88 bits per heavy atom. The van der Waals surface area contributed by atoms with Crippen LogP contribution in [0.2, 0.25) is 0 Å². The molecule has 0 fully saturated rings. The highest BCUT2D eigenvalue weighted by molar-refractivity contribution is 7.99. The van der Waals surface area contributed by atoms with Crippen LogP contribution in [-0.2, 0) is 4.79 Å². The molecular formula is C11H16N2O2S. The number of rotatable bonds is 5. The third-order valence-electron chi connectivity index (χ3n) is 2.16. The number of nitrogens with two attached hydrogens (primary N) is 1. The van der Waals surface area contributed by atoms with Gasteiger partial charge >= 0.3 is 5.97 Å². The first kappa shape index (κ1) is 13.0. The van der Waals surface area contributed by atoms with Gasteiger partial charge < -0.3 is 10.8 Å². The van der Waals surface area contributed by atoms with Crippen LogP contribution >= 0.6 is 11.8 Å². The lowest BCUT2D eigenvalue weighted by Gasteiger charge is -2.22. The predicted octanol–water partition coefficient (Wildman–Crippen LogP) is 1.75. The molecule has 3 N–H and O–H groups in total. The first-order valence-electron chi connectivity index (χ1n) is 5.02. The van der Waals surface area contributed by atoms with Gasteiger partial charge in [0.25, 0.3) is 0 Å². The third-order valence-corrected chi connectivity index (χ3v) is 3.21. The van der Waals surface area contributed by atoms with E-state index in [-0.39, 0.29) is 5.25 Å². The smallest absolute Gasteiger partial charge is 0.323 e. The van der Waals surface area contributed by atoms with E-state index >= 15 is 0 Å². The van der Waals surface area contributed by atoms with Crippen molar-refractivity contribution in [3.05, 3.63) is 24.4 Å². The van der Waals surface area contributed by atoms with Crippen LogP contribution in [-0.4, -0.2) is 26.8 Å². The number of carbonyl (C=O) groups is 1. The molecule has 4 nitrogen and oxygen atoms in total. The van der Waals surface area contributed by atoms with Gasteiger partial charge in [0, 0.05) is 11.4 Å². The average molecular weight is 240 g/mol. The van der Waals surface area contributed by atoms with Gasteiger partial charge in [-0.15, -0.1) is 11.8 Å². The summed E-state index contributed by atoms with van der Waals surface area (Å²) in [5.41, 5.74) is 4.50. The summed E-state index contributed by atoms with van der Waals surface area (Å²) in [6.45, 7) is 3.48. The van der Waals surface area contributed by atoms with Gasteiger partial charge in [-0.2, -0.15) is 0 Å². The molecular weight excluding hydrogens is 224 g/mol. The largest absolute Gasteiger partial charge is 0.480 e. The molecule has 2 atom stereocenters. The minimum Gasteiger partial charge on any atom is -0.480 e. The van der Waals surface area contributed by atoms with Gasteiger partial charge in [-0.1, -0.05) is 13.0 Å². The average Bonchev–Trinajstić information content (AvgIpc) is 2.17. The minimum atomic E-state index is -1.18. The van der Waals surface area contributed by atoms with E-state index < -0.39 is 11.5 Å². The number of carboxylic acid groups (broad SMARTS) is 1. The zero-order chi connectivity index (χ0) is 12.2. The standard InChI is InChI=1S/C11H16N2O2S/c1-8(7-11(2,12)10(14)15)16-9-5-3-4-6-13-9/h3-6,8H,7,12H2,1-2H3,(H,14,15). The quantitative estimate of drug-likeness (QED) is 0.767. The Morgan fingerprint density at radius 2 is 2.38 bits per heavy atom. The number of carboxylic acids is 1. The Hall–Kier alpha value is -1.07. The molecule has 1 rings (SSSR count). The maximum atomic E-state index is 10.9. The molecule has 0 bridgehead atoms. The molecule has 2 unspecified atom stereocenters. The van der Waals surface area contributed by atoms with Crippen LogP contribution < -0.4 is 5.73 Å². The van der Waals surface area contributed by atoms with Gasteiger partial charge in [0.2, 0.25) is 0 Å². The predicted molar refractivity (Wildman–Crippen MR) is 64.4 cm³/mol. The number of pyridine rings is 1. The van der Waals surface area contributed by atoms with E-state index in [1.807, 2.05) is 25.1 Å². The number of aliphatic carboxylic acids is 1. The second-order valence-electron chi connectivity index (χ2n) is 4.02. The summed E-state index contributed by atoms with van der Waals surface area (Å²) in [5, 5.41) is 9.90. The first-order valence-corrected chi connectivity index (χ1v) is 5.90. The van der Waals surface area contributed by atoms with E-state index in [1.54, 1.807) is 6.20 Å². The van der Waals surface area contributed by atoms with Crippen LogP contribution in [0.5, 0.6) is 0 Å². The van der Waals surface area contributed by atoms with E-state index in [2.05, 4.69) is 4.98 Å². The Balaban J connectivity index is 2.54. The maximum absolute atomic E-state index is 10.9. The lowest BCUT2D eigenvalue weighted by molar-refractivity contribution is -0.142. The summed E-state index contributed by atoms with van der Waals surface area (Å²) in [4.78, 5) is 15.0. The van der Waals surface area contributed by atoms with Gasteiger partial charge in [-0.3, -0.25) is 4.79 Å². The van der Waals surface area contributed by atoms with Crippen LogP contribution in [0.4, 0.5) is 0 Å². The fraction of sp³-hybridized carbons (Fsp3) is 0.455. The highest BCUT2D eigenvalue weighted by Gasteiger charge is 2.30. The Morgan fingerprint density at radius 1 is 1.69 bits per heavy atom.